The first-order valence-electron chi connectivity index (χ1n) is 8.64. The second-order valence-electron chi connectivity index (χ2n) is 6.67. The van der Waals surface area contributed by atoms with Gasteiger partial charge in [0.25, 0.3) is 0 Å². The first-order valence-corrected chi connectivity index (χ1v) is 9.46. The molecule has 4 heterocycles. The van der Waals surface area contributed by atoms with Crippen molar-refractivity contribution in [3.8, 4) is 5.75 Å². The fourth-order valence-electron chi connectivity index (χ4n) is 3.29. The number of aryl methyl sites for hydroxylation is 2. The van der Waals surface area contributed by atoms with Gasteiger partial charge in [0.15, 0.2) is 0 Å². The van der Waals surface area contributed by atoms with Gasteiger partial charge in [-0.1, -0.05) is 0 Å². The van der Waals surface area contributed by atoms with E-state index in [1.807, 2.05) is 6.92 Å². The highest BCUT2D eigenvalue weighted by Gasteiger charge is 2.31. The minimum absolute atomic E-state index is 0.0543. The van der Waals surface area contributed by atoms with E-state index in [9.17, 15) is 4.39 Å². The van der Waals surface area contributed by atoms with E-state index in [0.29, 0.717) is 5.75 Å². The predicted octanol–water partition coefficient (Wildman–Crippen LogP) is 3.66. The molecule has 4 aromatic rings. The summed E-state index contributed by atoms with van der Waals surface area (Å²) in [5.74, 6) is 1.32. The lowest BCUT2D eigenvalue weighted by Gasteiger charge is -2.39. The summed E-state index contributed by atoms with van der Waals surface area (Å²) in [6.07, 6.45) is 1.66. The summed E-state index contributed by atoms with van der Waals surface area (Å²) < 4.78 is 19.9. The van der Waals surface area contributed by atoms with Gasteiger partial charge in [-0.05, 0) is 43.7 Å². The Kier molecular flexibility index (Phi) is 3.68. The van der Waals surface area contributed by atoms with E-state index >= 15 is 0 Å². The fourth-order valence-corrected chi connectivity index (χ4v) is 4.44. The third kappa shape index (κ3) is 2.68. The molecule has 0 bridgehead atoms. The minimum Gasteiger partial charge on any atom is -0.487 e. The summed E-state index contributed by atoms with van der Waals surface area (Å²) in [4.78, 5) is 12.1. The predicted molar refractivity (Wildman–Crippen MR) is 103 cm³/mol. The average Bonchev–Trinajstić information content (AvgIpc) is 3.02. The van der Waals surface area contributed by atoms with E-state index in [0.717, 1.165) is 50.6 Å². The second kappa shape index (κ2) is 6.09. The SMILES string of the molecule is Cc1nnc2sc3c(N4CC(Oc5ccc(F)cc5)C4)ncnc3c2c1C. The molecule has 1 aliphatic rings. The van der Waals surface area contributed by atoms with Gasteiger partial charge in [-0.15, -0.1) is 16.4 Å². The van der Waals surface area contributed by atoms with Crippen LogP contribution in [0, 0.1) is 19.7 Å². The normalized spacial score (nSPS) is 14.7. The average molecular weight is 381 g/mol. The fraction of sp³-hybridized carbons (Fsp3) is 0.263. The van der Waals surface area contributed by atoms with Crippen LogP contribution in [0.15, 0.2) is 30.6 Å². The van der Waals surface area contributed by atoms with Crippen LogP contribution in [0.5, 0.6) is 5.75 Å². The van der Waals surface area contributed by atoms with Crippen molar-refractivity contribution in [3.63, 3.8) is 0 Å². The summed E-state index contributed by atoms with van der Waals surface area (Å²) in [5, 5.41) is 9.62. The Morgan fingerprint density at radius 2 is 1.89 bits per heavy atom. The van der Waals surface area contributed by atoms with E-state index in [4.69, 9.17) is 4.74 Å². The summed E-state index contributed by atoms with van der Waals surface area (Å²) in [7, 11) is 0. The Bertz CT molecular complexity index is 1150. The molecule has 0 atom stereocenters. The monoisotopic (exact) mass is 381 g/mol. The van der Waals surface area contributed by atoms with Crippen molar-refractivity contribution in [1.82, 2.24) is 20.2 Å². The van der Waals surface area contributed by atoms with Gasteiger partial charge < -0.3 is 9.64 Å². The topological polar surface area (TPSA) is 64.0 Å². The number of halogens is 1. The number of rotatable bonds is 3. The van der Waals surface area contributed by atoms with Crippen LogP contribution in [0.3, 0.4) is 0 Å². The van der Waals surface area contributed by atoms with Gasteiger partial charge in [-0.2, -0.15) is 5.10 Å². The van der Waals surface area contributed by atoms with Crippen LogP contribution in [0.1, 0.15) is 11.3 Å². The van der Waals surface area contributed by atoms with Gasteiger partial charge in [0.05, 0.1) is 29.0 Å². The summed E-state index contributed by atoms with van der Waals surface area (Å²) >= 11 is 1.57. The van der Waals surface area contributed by atoms with Crippen LogP contribution in [0.25, 0.3) is 20.4 Å². The van der Waals surface area contributed by atoms with Gasteiger partial charge in [-0.25, -0.2) is 14.4 Å². The molecule has 27 heavy (non-hydrogen) atoms. The van der Waals surface area contributed by atoms with Gasteiger partial charge >= 0.3 is 0 Å². The first kappa shape index (κ1) is 16.3. The van der Waals surface area contributed by atoms with Crippen LogP contribution in [-0.4, -0.2) is 39.4 Å². The Labute approximate surface area is 158 Å². The Balaban J connectivity index is 1.43. The maximum Gasteiger partial charge on any atom is 0.150 e. The lowest BCUT2D eigenvalue weighted by molar-refractivity contribution is 0.167. The zero-order chi connectivity index (χ0) is 18.5. The molecule has 6 nitrogen and oxygen atoms in total. The zero-order valence-electron chi connectivity index (χ0n) is 14.8. The molecule has 0 spiro atoms. The highest BCUT2D eigenvalue weighted by molar-refractivity contribution is 7.26. The van der Waals surface area contributed by atoms with Crippen LogP contribution in [-0.2, 0) is 0 Å². The van der Waals surface area contributed by atoms with E-state index < -0.39 is 0 Å². The second-order valence-corrected chi connectivity index (χ2v) is 7.67. The summed E-state index contributed by atoms with van der Waals surface area (Å²) in [6.45, 7) is 5.46. The molecule has 1 fully saturated rings. The molecule has 0 saturated carbocycles. The van der Waals surface area contributed by atoms with Crippen LogP contribution in [0.2, 0.25) is 0 Å². The molecular formula is C19H16FN5OS. The molecule has 1 aliphatic heterocycles. The first-order chi connectivity index (χ1) is 13.1. The standard InChI is InChI=1S/C19H16FN5OS/c1-10-11(2)23-24-19-15(10)16-17(27-19)18(22-9-21-16)25-7-14(8-25)26-13-5-3-12(20)4-6-13/h3-6,9,14H,7-8H2,1-2H3. The third-order valence-electron chi connectivity index (χ3n) is 4.91. The van der Waals surface area contributed by atoms with Crippen LogP contribution >= 0.6 is 11.3 Å². The number of fused-ring (bicyclic) bond motifs is 3. The number of nitrogens with zero attached hydrogens (tertiary/aromatic N) is 5. The number of ether oxygens (including phenoxy) is 1. The van der Waals surface area contributed by atoms with E-state index in [2.05, 4.69) is 32.0 Å². The Morgan fingerprint density at radius 3 is 2.67 bits per heavy atom. The summed E-state index contributed by atoms with van der Waals surface area (Å²) in [5.41, 5.74) is 2.95. The molecule has 0 amide bonds. The third-order valence-corrected chi connectivity index (χ3v) is 5.97. The molecule has 1 saturated heterocycles. The summed E-state index contributed by atoms with van der Waals surface area (Å²) in [6, 6.07) is 6.11. The number of anilines is 1. The molecule has 0 N–H and O–H groups in total. The zero-order valence-corrected chi connectivity index (χ0v) is 15.6. The van der Waals surface area contributed by atoms with E-state index in [1.54, 1.807) is 29.8 Å². The lowest BCUT2D eigenvalue weighted by Crippen LogP contribution is -2.54. The largest absolute Gasteiger partial charge is 0.487 e. The van der Waals surface area contributed by atoms with Crippen molar-refractivity contribution < 1.29 is 9.13 Å². The van der Waals surface area contributed by atoms with Crippen molar-refractivity contribution in [2.45, 2.75) is 20.0 Å². The molecular weight excluding hydrogens is 365 g/mol. The number of hydrogen-bond donors (Lipinski definition) is 0. The van der Waals surface area contributed by atoms with Crippen LogP contribution < -0.4 is 9.64 Å². The van der Waals surface area contributed by atoms with Gasteiger partial charge in [0.1, 0.15) is 34.6 Å². The van der Waals surface area contributed by atoms with E-state index in [-0.39, 0.29) is 11.9 Å². The lowest BCUT2D eigenvalue weighted by atomic mass is 10.1. The molecule has 5 rings (SSSR count). The maximum atomic E-state index is 13.0. The highest BCUT2D eigenvalue weighted by atomic mass is 32.1. The van der Waals surface area contributed by atoms with Crippen molar-refractivity contribution >= 4 is 37.6 Å². The number of hydrogen-bond acceptors (Lipinski definition) is 7. The smallest absolute Gasteiger partial charge is 0.150 e. The number of thiophene rings is 1. The van der Waals surface area contributed by atoms with Gasteiger partial charge in [-0.3, -0.25) is 0 Å². The molecule has 0 aliphatic carbocycles. The van der Waals surface area contributed by atoms with E-state index in [1.165, 1.54) is 12.1 Å². The Hall–Kier alpha value is -2.87. The molecule has 3 aromatic heterocycles. The van der Waals surface area contributed by atoms with Crippen molar-refractivity contribution in [2.24, 2.45) is 0 Å². The Morgan fingerprint density at radius 1 is 1.11 bits per heavy atom. The molecule has 1 aromatic carbocycles. The molecule has 0 unspecified atom stereocenters. The molecule has 136 valence electrons. The molecule has 8 heteroatoms. The number of aromatic nitrogens is 4. The van der Waals surface area contributed by atoms with Crippen LogP contribution in [0.4, 0.5) is 10.2 Å². The minimum atomic E-state index is -0.264. The highest BCUT2D eigenvalue weighted by Crippen LogP contribution is 2.39. The van der Waals surface area contributed by atoms with Gasteiger partial charge in [0.2, 0.25) is 0 Å². The maximum absolute atomic E-state index is 13.0. The van der Waals surface area contributed by atoms with Gasteiger partial charge in [0, 0.05) is 5.39 Å². The van der Waals surface area contributed by atoms with Crippen molar-refractivity contribution in [3.05, 3.63) is 47.7 Å². The molecule has 0 radical (unpaired) electrons. The number of benzene rings is 1. The van der Waals surface area contributed by atoms with Crippen molar-refractivity contribution in [2.75, 3.05) is 18.0 Å². The quantitative estimate of drug-likeness (QED) is 0.540. The van der Waals surface area contributed by atoms with Crippen molar-refractivity contribution in [1.29, 1.82) is 0 Å².